The van der Waals surface area contributed by atoms with Crippen LogP contribution in [0.1, 0.15) is 5.56 Å². The molecule has 0 atom stereocenters. The van der Waals surface area contributed by atoms with Crippen LogP contribution in [0.4, 0.5) is 17.6 Å². The largest absolute Gasteiger partial charge is 0.417 e. The van der Waals surface area contributed by atoms with E-state index in [1.165, 1.54) is 6.07 Å². The number of alkyl halides is 3. The van der Waals surface area contributed by atoms with Crippen LogP contribution in [-0.4, -0.2) is 4.98 Å². The van der Waals surface area contributed by atoms with Gasteiger partial charge in [0.1, 0.15) is 5.82 Å². The Balaban J connectivity index is 2.80. The first-order chi connectivity index (χ1) is 6.98. The third-order valence-corrected chi connectivity index (χ3v) is 2.01. The maximum atomic E-state index is 12.8. The van der Waals surface area contributed by atoms with Gasteiger partial charge in [-0.25, -0.2) is 4.39 Å². The number of nitrogens with zero attached hydrogens (tertiary/aromatic N) is 1. The minimum absolute atomic E-state index is 0.131. The molecule has 0 aliphatic carbocycles. The lowest BCUT2D eigenvalue weighted by Crippen LogP contribution is -2.06. The molecule has 0 N–H and O–H groups in total. The van der Waals surface area contributed by atoms with Crippen molar-refractivity contribution in [1.82, 2.24) is 4.98 Å². The fourth-order valence-corrected chi connectivity index (χ4v) is 1.37. The molecule has 15 heavy (non-hydrogen) atoms. The Bertz CT molecular complexity index is 504. The van der Waals surface area contributed by atoms with Gasteiger partial charge < -0.3 is 0 Å². The van der Waals surface area contributed by atoms with Crippen molar-refractivity contribution >= 4 is 10.9 Å². The highest BCUT2D eigenvalue weighted by atomic mass is 19.4. The van der Waals surface area contributed by atoms with Crippen molar-refractivity contribution < 1.29 is 17.6 Å². The third-order valence-electron chi connectivity index (χ3n) is 2.01. The summed E-state index contributed by atoms with van der Waals surface area (Å²) in [6.45, 7) is 0. The molecular weight excluding hydrogens is 210 g/mol. The molecule has 1 aromatic heterocycles. The Morgan fingerprint density at radius 3 is 2.47 bits per heavy atom. The summed E-state index contributed by atoms with van der Waals surface area (Å²) in [7, 11) is 0. The highest BCUT2D eigenvalue weighted by Gasteiger charge is 2.32. The van der Waals surface area contributed by atoms with Crippen molar-refractivity contribution in [3.05, 3.63) is 41.8 Å². The van der Waals surface area contributed by atoms with E-state index in [-0.39, 0.29) is 10.9 Å². The zero-order valence-corrected chi connectivity index (χ0v) is 7.35. The first kappa shape index (κ1) is 9.89. The smallest absolute Gasteiger partial charge is 0.256 e. The lowest BCUT2D eigenvalue weighted by Gasteiger charge is -2.09. The van der Waals surface area contributed by atoms with Crippen LogP contribution in [0, 0.1) is 5.82 Å². The average Bonchev–Trinajstić information content (AvgIpc) is 2.15. The molecule has 0 amide bonds. The topological polar surface area (TPSA) is 12.9 Å². The predicted molar refractivity (Wildman–Crippen MR) is 46.7 cm³/mol. The molecule has 1 aromatic carbocycles. The van der Waals surface area contributed by atoms with Gasteiger partial charge >= 0.3 is 6.18 Å². The molecular formula is C10H5F4N. The van der Waals surface area contributed by atoms with E-state index in [0.717, 1.165) is 24.4 Å². The molecule has 0 saturated carbocycles. The Morgan fingerprint density at radius 1 is 1.07 bits per heavy atom. The molecule has 0 unspecified atom stereocenters. The number of fused-ring (bicyclic) bond motifs is 1. The molecule has 0 spiro atoms. The van der Waals surface area contributed by atoms with Gasteiger partial charge in [0.2, 0.25) is 0 Å². The summed E-state index contributed by atoms with van der Waals surface area (Å²) < 4.78 is 50.3. The number of halogens is 4. The van der Waals surface area contributed by atoms with Crippen molar-refractivity contribution in [3.63, 3.8) is 0 Å². The molecule has 0 fully saturated rings. The maximum absolute atomic E-state index is 12.8. The maximum Gasteiger partial charge on any atom is 0.417 e. The van der Waals surface area contributed by atoms with Crippen LogP contribution < -0.4 is 0 Å². The number of rotatable bonds is 0. The Hall–Kier alpha value is -1.65. The third kappa shape index (κ3) is 1.77. The molecule has 1 heterocycles. The van der Waals surface area contributed by atoms with Crippen LogP contribution in [0.15, 0.2) is 30.5 Å². The standard InChI is InChI=1S/C10H5F4N/c11-6-1-2-9-7(5-6)8(3-4-15-9)10(12,13)14/h1-5H. The molecule has 5 heteroatoms. The number of pyridine rings is 1. The van der Waals surface area contributed by atoms with Crippen LogP contribution in [-0.2, 0) is 6.18 Å². The first-order valence-corrected chi connectivity index (χ1v) is 4.10. The van der Waals surface area contributed by atoms with E-state index >= 15 is 0 Å². The number of hydrogen-bond donors (Lipinski definition) is 0. The second-order valence-corrected chi connectivity index (χ2v) is 3.02. The first-order valence-electron chi connectivity index (χ1n) is 4.10. The average molecular weight is 215 g/mol. The van der Waals surface area contributed by atoms with Gasteiger partial charge in [-0.15, -0.1) is 0 Å². The number of benzene rings is 1. The summed E-state index contributed by atoms with van der Waals surface area (Å²) in [5, 5.41) is -0.218. The molecule has 1 nitrogen and oxygen atoms in total. The molecule has 78 valence electrons. The van der Waals surface area contributed by atoms with Crippen molar-refractivity contribution in [3.8, 4) is 0 Å². The zero-order valence-electron chi connectivity index (χ0n) is 7.35. The molecule has 0 aliphatic rings. The number of aromatic nitrogens is 1. The van der Waals surface area contributed by atoms with E-state index in [9.17, 15) is 17.6 Å². The van der Waals surface area contributed by atoms with Crippen LogP contribution in [0.2, 0.25) is 0 Å². The summed E-state index contributed by atoms with van der Waals surface area (Å²) in [5.41, 5.74) is -0.738. The predicted octanol–water partition coefficient (Wildman–Crippen LogP) is 3.39. The van der Waals surface area contributed by atoms with Crippen molar-refractivity contribution in [2.24, 2.45) is 0 Å². The fourth-order valence-electron chi connectivity index (χ4n) is 1.37. The molecule has 0 aliphatic heterocycles. The quantitative estimate of drug-likeness (QED) is 0.614. The van der Waals surface area contributed by atoms with Gasteiger partial charge in [0.05, 0.1) is 11.1 Å². The lowest BCUT2D eigenvalue weighted by molar-refractivity contribution is -0.136. The van der Waals surface area contributed by atoms with Crippen molar-refractivity contribution in [2.45, 2.75) is 6.18 Å². The number of hydrogen-bond acceptors (Lipinski definition) is 1. The SMILES string of the molecule is Fc1ccc2nccc(C(F)(F)F)c2c1. The lowest BCUT2D eigenvalue weighted by atomic mass is 10.1. The summed E-state index contributed by atoms with van der Waals surface area (Å²) in [4.78, 5) is 3.73. The van der Waals surface area contributed by atoms with Gasteiger partial charge in [0, 0.05) is 11.6 Å². The Labute approximate surface area is 82.4 Å². The van der Waals surface area contributed by atoms with Gasteiger partial charge in [-0.2, -0.15) is 13.2 Å². The molecule has 2 rings (SSSR count). The molecule has 2 aromatic rings. The second kappa shape index (κ2) is 3.18. The Morgan fingerprint density at radius 2 is 1.80 bits per heavy atom. The van der Waals surface area contributed by atoms with E-state index in [2.05, 4.69) is 4.98 Å². The van der Waals surface area contributed by atoms with E-state index in [0.29, 0.717) is 0 Å². The minimum atomic E-state index is -4.49. The monoisotopic (exact) mass is 215 g/mol. The van der Waals surface area contributed by atoms with E-state index < -0.39 is 17.6 Å². The normalized spacial score (nSPS) is 12.0. The highest BCUT2D eigenvalue weighted by molar-refractivity contribution is 5.82. The summed E-state index contributed by atoms with van der Waals surface area (Å²) in [5.74, 6) is -0.707. The van der Waals surface area contributed by atoms with E-state index in [4.69, 9.17) is 0 Å². The molecule has 0 radical (unpaired) electrons. The molecule has 0 bridgehead atoms. The van der Waals surface area contributed by atoms with Crippen molar-refractivity contribution in [2.75, 3.05) is 0 Å². The van der Waals surface area contributed by atoms with Gasteiger partial charge in [-0.3, -0.25) is 4.98 Å². The summed E-state index contributed by atoms with van der Waals surface area (Å²) in [6, 6.07) is 3.97. The van der Waals surface area contributed by atoms with Crippen LogP contribution in [0.5, 0.6) is 0 Å². The molecule has 0 saturated heterocycles. The van der Waals surface area contributed by atoms with E-state index in [1.807, 2.05) is 0 Å². The Kier molecular flexibility index (Phi) is 2.10. The van der Waals surface area contributed by atoms with Crippen LogP contribution >= 0.6 is 0 Å². The minimum Gasteiger partial charge on any atom is -0.256 e. The summed E-state index contributed by atoms with van der Waals surface area (Å²) in [6.07, 6.45) is -3.43. The van der Waals surface area contributed by atoms with Crippen LogP contribution in [0.3, 0.4) is 0 Å². The summed E-state index contributed by atoms with van der Waals surface area (Å²) >= 11 is 0. The highest BCUT2D eigenvalue weighted by Crippen LogP contribution is 2.33. The van der Waals surface area contributed by atoms with E-state index in [1.54, 1.807) is 0 Å². The van der Waals surface area contributed by atoms with Gasteiger partial charge in [0.25, 0.3) is 0 Å². The van der Waals surface area contributed by atoms with Crippen LogP contribution in [0.25, 0.3) is 10.9 Å². The van der Waals surface area contributed by atoms with Gasteiger partial charge in [-0.1, -0.05) is 0 Å². The van der Waals surface area contributed by atoms with Gasteiger partial charge in [0.15, 0.2) is 0 Å². The van der Waals surface area contributed by atoms with Crippen molar-refractivity contribution in [1.29, 1.82) is 0 Å². The van der Waals surface area contributed by atoms with Gasteiger partial charge in [-0.05, 0) is 24.3 Å². The zero-order chi connectivity index (χ0) is 11.1. The fraction of sp³-hybridized carbons (Fsp3) is 0.100. The second-order valence-electron chi connectivity index (χ2n) is 3.02.